The standard InChI is InChI=1S/C11H17FO/c1-3-13-10-6-4-5-8-11(2,12)9-7-10/h10H,3-4,6-7,9H2,1-2H3. The molecule has 0 saturated carbocycles. The van der Waals surface area contributed by atoms with Crippen molar-refractivity contribution in [2.45, 2.75) is 51.3 Å². The molecule has 0 heterocycles. The van der Waals surface area contributed by atoms with Crippen LogP contribution in [0.4, 0.5) is 4.39 Å². The first kappa shape index (κ1) is 10.5. The number of hydrogen-bond donors (Lipinski definition) is 0. The van der Waals surface area contributed by atoms with Crippen LogP contribution < -0.4 is 0 Å². The second-order valence-corrected chi connectivity index (χ2v) is 3.65. The molecule has 2 atom stereocenters. The van der Waals surface area contributed by atoms with Crippen LogP contribution >= 0.6 is 0 Å². The van der Waals surface area contributed by atoms with Crippen LogP contribution in [-0.2, 0) is 4.74 Å². The fraction of sp³-hybridized carbons (Fsp3) is 0.818. The predicted octanol–water partition coefficient (Wildman–Crippen LogP) is 2.70. The highest BCUT2D eigenvalue weighted by Gasteiger charge is 2.23. The van der Waals surface area contributed by atoms with Gasteiger partial charge in [-0.15, -0.1) is 0 Å². The van der Waals surface area contributed by atoms with E-state index < -0.39 is 5.67 Å². The minimum Gasteiger partial charge on any atom is -0.378 e. The van der Waals surface area contributed by atoms with E-state index in [0.29, 0.717) is 13.0 Å². The van der Waals surface area contributed by atoms with Gasteiger partial charge in [0, 0.05) is 13.0 Å². The fourth-order valence-electron chi connectivity index (χ4n) is 1.52. The predicted molar refractivity (Wildman–Crippen MR) is 51.2 cm³/mol. The zero-order valence-corrected chi connectivity index (χ0v) is 8.40. The van der Waals surface area contributed by atoms with Gasteiger partial charge in [-0.25, -0.2) is 4.39 Å². The molecule has 1 rings (SSSR count). The van der Waals surface area contributed by atoms with Gasteiger partial charge in [-0.05, 0) is 33.1 Å². The molecule has 0 amide bonds. The lowest BCUT2D eigenvalue weighted by Gasteiger charge is -2.21. The summed E-state index contributed by atoms with van der Waals surface area (Å²) in [5, 5.41) is 0. The highest BCUT2D eigenvalue weighted by molar-refractivity contribution is 5.13. The van der Waals surface area contributed by atoms with Crippen LogP contribution in [-0.4, -0.2) is 18.4 Å². The van der Waals surface area contributed by atoms with E-state index in [0.717, 1.165) is 19.3 Å². The summed E-state index contributed by atoms with van der Waals surface area (Å²) in [6.07, 6.45) is 3.18. The Morgan fingerprint density at radius 2 is 2.31 bits per heavy atom. The first-order valence-corrected chi connectivity index (χ1v) is 4.94. The fourth-order valence-corrected chi connectivity index (χ4v) is 1.52. The van der Waals surface area contributed by atoms with Crippen LogP contribution in [0.5, 0.6) is 0 Å². The Hall–Kier alpha value is -0.550. The molecule has 1 aliphatic carbocycles. The molecule has 0 aromatic heterocycles. The van der Waals surface area contributed by atoms with Crippen molar-refractivity contribution in [1.29, 1.82) is 0 Å². The molecule has 13 heavy (non-hydrogen) atoms. The van der Waals surface area contributed by atoms with E-state index in [1.54, 1.807) is 6.92 Å². The van der Waals surface area contributed by atoms with Crippen molar-refractivity contribution in [3.05, 3.63) is 0 Å². The van der Waals surface area contributed by atoms with Gasteiger partial charge in [0.05, 0.1) is 6.10 Å². The number of hydrogen-bond acceptors (Lipinski definition) is 1. The summed E-state index contributed by atoms with van der Waals surface area (Å²) >= 11 is 0. The third-order valence-electron chi connectivity index (χ3n) is 2.28. The van der Waals surface area contributed by atoms with E-state index in [1.165, 1.54) is 0 Å². The number of ether oxygens (including phenoxy) is 1. The molecule has 0 aromatic carbocycles. The minimum atomic E-state index is -1.31. The van der Waals surface area contributed by atoms with Crippen molar-refractivity contribution in [3.63, 3.8) is 0 Å². The van der Waals surface area contributed by atoms with E-state index in [-0.39, 0.29) is 6.10 Å². The third kappa shape index (κ3) is 3.78. The molecular weight excluding hydrogens is 167 g/mol. The maximum Gasteiger partial charge on any atom is 0.168 e. The highest BCUT2D eigenvalue weighted by Crippen LogP contribution is 2.22. The molecule has 0 radical (unpaired) electrons. The summed E-state index contributed by atoms with van der Waals surface area (Å²) < 4.78 is 19.0. The molecule has 74 valence electrons. The van der Waals surface area contributed by atoms with E-state index in [4.69, 9.17) is 4.74 Å². The average molecular weight is 184 g/mol. The first-order chi connectivity index (χ1) is 6.14. The molecule has 0 fully saturated rings. The first-order valence-electron chi connectivity index (χ1n) is 4.94. The van der Waals surface area contributed by atoms with Crippen molar-refractivity contribution in [2.75, 3.05) is 6.61 Å². The Balaban J connectivity index is 2.50. The van der Waals surface area contributed by atoms with E-state index in [2.05, 4.69) is 11.8 Å². The lowest BCUT2D eigenvalue weighted by atomic mass is 9.96. The van der Waals surface area contributed by atoms with Gasteiger partial charge in [0.15, 0.2) is 5.67 Å². The van der Waals surface area contributed by atoms with Crippen molar-refractivity contribution in [1.82, 2.24) is 0 Å². The van der Waals surface area contributed by atoms with Crippen molar-refractivity contribution in [3.8, 4) is 11.8 Å². The zero-order chi connectivity index (χ0) is 9.73. The largest absolute Gasteiger partial charge is 0.378 e. The number of alkyl halides is 1. The van der Waals surface area contributed by atoms with Crippen molar-refractivity contribution >= 4 is 0 Å². The van der Waals surface area contributed by atoms with Crippen LogP contribution in [0.1, 0.15) is 39.5 Å². The summed E-state index contributed by atoms with van der Waals surface area (Å²) in [6.45, 7) is 4.23. The molecule has 2 unspecified atom stereocenters. The lowest BCUT2D eigenvalue weighted by molar-refractivity contribution is 0.0409. The van der Waals surface area contributed by atoms with E-state index in [9.17, 15) is 4.39 Å². The summed E-state index contributed by atoms with van der Waals surface area (Å²) in [7, 11) is 0. The van der Waals surface area contributed by atoms with Gasteiger partial charge in [-0.1, -0.05) is 11.8 Å². The molecule has 0 bridgehead atoms. The molecule has 2 heteroatoms. The SMILES string of the molecule is CCOC1CCC#CC(C)(F)CC1. The maximum absolute atomic E-state index is 13.5. The summed E-state index contributed by atoms with van der Waals surface area (Å²) in [4.78, 5) is 0. The monoisotopic (exact) mass is 184 g/mol. The molecule has 1 aliphatic rings. The smallest absolute Gasteiger partial charge is 0.168 e. The van der Waals surface area contributed by atoms with Gasteiger partial charge in [0.2, 0.25) is 0 Å². The number of halogens is 1. The van der Waals surface area contributed by atoms with Gasteiger partial charge >= 0.3 is 0 Å². The van der Waals surface area contributed by atoms with Crippen LogP contribution in [0.15, 0.2) is 0 Å². The van der Waals surface area contributed by atoms with Gasteiger partial charge in [-0.3, -0.25) is 0 Å². The van der Waals surface area contributed by atoms with Gasteiger partial charge < -0.3 is 4.74 Å². The zero-order valence-electron chi connectivity index (χ0n) is 8.40. The molecule has 1 nitrogen and oxygen atoms in total. The Morgan fingerprint density at radius 3 is 3.00 bits per heavy atom. The van der Waals surface area contributed by atoms with Crippen molar-refractivity contribution in [2.24, 2.45) is 0 Å². The number of rotatable bonds is 2. The maximum atomic E-state index is 13.5. The normalized spacial score (nSPS) is 34.2. The van der Waals surface area contributed by atoms with Gasteiger partial charge in [0.25, 0.3) is 0 Å². The Kier molecular flexibility index (Phi) is 3.74. The Labute approximate surface area is 79.7 Å². The van der Waals surface area contributed by atoms with E-state index in [1.807, 2.05) is 6.92 Å². The molecular formula is C11H17FO. The minimum absolute atomic E-state index is 0.203. The average Bonchev–Trinajstić information content (AvgIpc) is 2.05. The summed E-state index contributed by atoms with van der Waals surface area (Å²) in [6, 6.07) is 0. The summed E-state index contributed by atoms with van der Waals surface area (Å²) in [5.41, 5.74) is -1.31. The van der Waals surface area contributed by atoms with Crippen LogP contribution in [0, 0.1) is 11.8 Å². The van der Waals surface area contributed by atoms with Crippen molar-refractivity contribution < 1.29 is 9.13 Å². The van der Waals surface area contributed by atoms with Gasteiger partial charge in [-0.2, -0.15) is 0 Å². The quantitative estimate of drug-likeness (QED) is 0.599. The third-order valence-corrected chi connectivity index (χ3v) is 2.28. The molecule has 0 aromatic rings. The Morgan fingerprint density at radius 1 is 1.54 bits per heavy atom. The van der Waals surface area contributed by atoms with Crippen LogP contribution in [0.3, 0.4) is 0 Å². The second-order valence-electron chi connectivity index (χ2n) is 3.65. The lowest BCUT2D eigenvalue weighted by Crippen LogP contribution is -2.22. The highest BCUT2D eigenvalue weighted by atomic mass is 19.1. The summed E-state index contributed by atoms with van der Waals surface area (Å²) in [5.74, 6) is 5.51. The van der Waals surface area contributed by atoms with E-state index >= 15 is 0 Å². The van der Waals surface area contributed by atoms with Crippen LogP contribution in [0.25, 0.3) is 0 Å². The van der Waals surface area contributed by atoms with Gasteiger partial charge in [0.1, 0.15) is 0 Å². The van der Waals surface area contributed by atoms with Crippen LogP contribution in [0.2, 0.25) is 0 Å². The molecule has 0 saturated heterocycles. The molecule has 0 aliphatic heterocycles. The molecule has 0 spiro atoms. The Bertz CT molecular complexity index is 212. The topological polar surface area (TPSA) is 9.23 Å². The molecule has 0 N–H and O–H groups in total. The second kappa shape index (κ2) is 4.62.